The standard InChI is InChI=1S/C14H14BrClFN3/c1-14(2,3)13-19-11(15)7-12(20-13)18-10-5-8(16)4-9(17)6-10/h4-7H,1-3H3,(H,18,19,20). The van der Waals surface area contributed by atoms with E-state index in [1.54, 1.807) is 12.1 Å². The van der Waals surface area contributed by atoms with Crippen molar-refractivity contribution in [1.82, 2.24) is 9.97 Å². The summed E-state index contributed by atoms with van der Waals surface area (Å²) in [6.45, 7) is 6.08. The van der Waals surface area contributed by atoms with Crippen LogP contribution in [0.1, 0.15) is 26.6 Å². The number of rotatable bonds is 2. The van der Waals surface area contributed by atoms with Crippen LogP contribution in [0.25, 0.3) is 0 Å². The van der Waals surface area contributed by atoms with Crippen LogP contribution in [0.3, 0.4) is 0 Å². The molecule has 0 saturated heterocycles. The molecule has 106 valence electrons. The zero-order valence-electron chi connectivity index (χ0n) is 11.3. The van der Waals surface area contributed by atoms with Crippen LogP contribution >= 0.6 is 27.5 Å². The van der Waals surface area contributed by atoms with Crippen molar-refractivity contribution in [2.24, 2.45) is 0 Å². The molecular weight excluding hydrogens is 345 g/mol. The quantitative estimate of drug-likeness (QED) is 0.761. The summed E-state index contributed by atoms with van der Waals surface area (Å²) in [6, 6.07) is 5.98. The van der Waals surface area contributed by atoms with E-state index in [9.17, 15) is 4.39 Å². The molecule has 1 N–H and O–H groups in total. The third kappa shape index (κ3) is 3.90. The molecule has 0 unspecified atom stereocenters. The maximum atomic E-state index is 13.3. The average molecular weight is 359 g/mol. The van der Waals surface area contributed by atoms with E-state index in [1.807, 2.05) is 20.8 Å². The van der Waals surface area contributed by atoms with Crippen molar-refractivity contribution in [3.05, 3.63) is 45.5 Å². The zero-order valence-corrected chi connectivity index (χ0v) is 13.7. The highest BCUT2D eigenvalue weighted by Gasteiger charge is 2.18. The lowest BCUT2D eigenvalue weighted by Gasteiger charge is -2.18. The average Bonchev–Trinajstić information content (AvgIpc) is 2.25. The van der Waals surface area contributed by atoms with Gasteiger partial charge in [-0.05, 0) is 34.1 Å². The van der Waals surface area contributed by atoms with Gasteiger partial charge in [-0.15, -0.1) is 0 Å². The van der Waals surface area contributed by atoms with Gasteiger partial charge in [0.2, 0.25) is 0 Å². The Bertz CT molecular complexity index is 621. The highest BCUT2D eigenvalue weighted by Crippen LogP contribution is 2.25. The lowest BCUT2D eigenvalue weighted by Crippen LogP contribution is -2.16. The summed E-state index contributed by atoms with van der Waals surface area (Å²) in [4.78, 5) is 8.79. The molecule has 0 saturated carbocycles. The Morgan fingerprint density at radius 2 is 1.85 bits per heavy atom. The summed E-state index contributed by atoms with van der Waals surface area (Å²) in [5, 5.41) is 3.36. The van der Waals surface area contributed by atoms with Crippen LogP contribution in [-0.2, 0) is 5.41 Å². The lowest BCUT2D eigenvalue weighted by molar-refractivity contribution is 0.544. The minimum absolute atomic E-state index is 0.181. The molecule has 0 amide bonds. The molecule has 0 aliphatic rings. The van der Waals surface area contributed by atoms with E-state index >= 15 is 0 Å². The first-order valence-corrected chi connectivity index (χ1v) is 7.19. The van der Waals surface area contributed by atoms with Gasteiger partial charge in [-0.3, -0.25) is 0 Å². The topological polar surface area (TPSA) is 37.8 Å². The predicted molar refractivity (Wildman–Crippen MR) is 83.1 cm³/mol. The zero-order chi connectivity index (χ0) is 14.9. The molecule has 20 heavy (non-hydrogen) atoms. The van der Waals surface area contributed by atoms with Gasteiger partial charge in [0, 0.05) is 22.2 Å². The highest BCUT2D eigenvalue weighted by atomic mass is 79.9. The van der Waals surface area contributed by atoms with E-state index in [1.165, 1.54) is 12.1 Å². The maximum Gasteiger partial charge on any atom is 0.137 e. The summed E-state index contributed by atoms with van der Waals surface area (Å²) in [5.74, 6) is 0.875. The van der Waals surface area contributed by atoms with Crippen LogP contribution in [0, 0.1) is 5.82 Å². The van der Waals surface area contributed by atoms with Crippen molar-refractivity contribution < 1.29 is 4.39 Å². The fraction of sp³-hybridized carbons (Fsp3) is 0.286. The van der Waals surface area contributed by atoms with Gasteiger partial charge in [-0.1, -0.05) is 32.4 Å². The monoisotopic (exact) mass is 357 g/mol. The van der Waals surface area contributed by atoms with Crippen molar-refractivity contribution in [1.29, 1.82) is 0 Å². The summed E-state index contributed by atoms with van der Waals surface area (Å²) in [7, 11) is 0. The number of halogens is 3. The fourth-order valence-corrected chi connectivity index (χ4v) is 2.20. The van der Waals surface area contributed by atoms with Gasteiger partial charge in [0.05, 0.1) is 0 Å². The van der Waals surface area contributed by atoms with Crippen LogP contribution in [0.15, 0.2) is 28.9 Å². The summed E-state index contributed by atoms with van der Waals surface area (Å²) >= 11 is 9.19. The Balaban J connectivity index is 2.36. The predicted octanol–water partition coefficient (Wildman–Crippen LogP) is 5.07. The molecule has 2 aromatic rings. The fourth-order valence-electron chi connectivity index (χ4n) is 1.59. The minimum Gasteiger partial charge on any atom is -0.340 e. The molecule has 1 aromatic carbocycles. The maximum absolute atomic E-state index is 13.3. The van der Waals surface area contributed by atoms with E-state index < -0.39 is 5.82 Å². The number of hydrogen-bond acceptors (Lipinski definition) is 3. The molecule has 2 rings (SSSR count). The highest BCUT2D eigenvalue weighted by molar-refractivity contribution is 9.10. The molecule has 1 aromatic heterocycles. The second-order valence-electron chi connectivity index (χ2n) is 5.43. The summed E-state index contributed by atoms with van der Waals surface area (Å²) < 4.78 is 14.0. The number of anilines is 2. The second-order valence-corrected chi connectivity index (χ2v) is 6.68. The first kappa shape index (κ1) is 15.2. The largest absolute Gasteiger partial charge is 0.340 e. The van der Waals surface area contributed by atoms with Crippen LogP contribution in [0.4, 0.5) is 15.9 Å². The number of nitrogens with zero attached hydrogens (tertiary/aromatic N) is 2. The number of aromatic nitrogens is 2. The minimum atomic E-state index is -0.399. The molecule has 6 heteroatoms. The first-order chi connectivity index (χ1) is 9.24. The summed E-state index contributed by atoms with van der Waals surface area (Å²) in [5.41, 5.74) is 0.361. The third-order valence-electron chi connectivity index (χ3n) is 2.50. The Labute approximate surface area is 130 Å². The number of nitrogens with one attached hydrogen (secondary N) is 1. The van der Waals surface area contributed by atoms with Gasteiger partial charge < -0.3 is 5.32 Å². The molecule has 1 heterocycles. The molecule has 0 spiro atoms. The second kappa shape index (κ2) is 5.66. The normalized spacial score (nSPS) is 11.5. The van der Waals surface area contributed by atoms with Gasteiger partial charge >= 0.3 is 0 Å². The molecule has 0 aliphatic carbocycles. The molecule has 0 radical (unpaired) electrons. The van der Waals surface area contributed by atoms with E-state index in [0.29, 0.717) is 27.0 Å². The van der Waals surface area contributed by atoms with E-state index in [-0.39, 0.29) is 5.41 Å². The third-order valence-corrected chi connectivity index (χ3v) is 3.13. The Morgan fingerprint density at radius 3 is 2.45 bits per heavy atom. The number of benzene rings is 1. The van der Waals surface area contributed by atoms with E-state index in [4.69, 9.17) is 11.6 Å². The van der Waals surface area contributed by atoms with E-state index in [2.05, 4.69) is 31.2 Å². The van der Waals surface area contributed by atoms with Crippen LogP contribution in [0.5, 0.6) is 0 Å². The van der Waals surface area contributed by atoms with Crippen molar-refractivity contribution in [2.45, 2.75) is 26.2 Å². The number of hydrogen-bond donors (Lipinski definition) is 1. The Morgan fingerprint density at radius 1 is 1.15 bits per heavy atom. The molecule has 0 fully saturated rings. The molecule has 0 bridgehead atoms. The Kier molecular flexibility index (Phi) is 4.30. The molecule has 0 aliphatic heterocycles. The molecular formula is C14H14BrClFN3. The molecule has 3 nitrogen and oxygen atoms in total. The van der Waals surface area contributed by atoms with Gasteiger partial charge in [-0.25, -0.2) is 14.4 Å². The van der Waals surface area contributed by atoms with Crippen molar-refractivity contribution in [2.75, 3.05) is 5.32 Å². The van der Waals surface area contributed by atoms with Crippen molar-refractivity contribution in [3.8, 4) is 0 Å². The molecule has 0 atom stereocenters. The van der Waals surface area contributed by atoms with Crippen molar-refractivity contribution in [3.63, 3.8) is 0 Å². The van der Waals surface area contributed by atoms with Crippen LogP contribution in [-0.4, -0.2) is 9.97 Å². The van der Waals surface area contributed by atoms with Crippen molar-refractivity contribution >= 4 is 39.0 Å². The van der Waals surface area contributed by atoms with E-state index in [0.717, 1.165) is 0 Å². The Hall–Kier alpha value is -1.20. The van der Waals surface area contributed by atoms with Gasteiger partial charge in [-0.2, -0.15) is 0 Å². The smallest absolute Gasteiger partial charge is 0.137 e. The van der Waals surface area contributed by atoms with Gasteiger partial charge in [0.25, 0.3) is 0 Å². The van der Waals surface area contributed by atoms with Gasteiger partial charge in [0.15, 0.2) is 0 Å². The SMILES string of the molecule is CC(C)(C)c1nc(Br)cc(Nc2cc(F)cc(Cl)c2)n1. The van der Waals surface area contributed by atoms with Crippen LogP contribution < -0.4 is 5.32 Å². The summed E-state index contributed by atoms with van der Waals surface area (Å²) in [6.07, 6.45) is 0. The first-order valence-electron chi connectivity index (χ1n) is 6.02. The van der Waals surface area contributed by atoms with Crippen LogP contribution in [0.2, 0.25) is 5.02 Å². The van der Waals surface area contributed by atoms with Gasteiger partial charge in [0.1, 0.15) is 22.1 Å². The lowest BCUT2D eigenvalue weighted by atomic mass is 9.96.